The number of furan rings is 1. The van der Waals surface area contributed by atoms with Gasteiger partial charge in [0.1, 0.15) is 16.9 Å². The van der Waals surface area contributed by atoms with Gasteiger partial charge in [0, 0.05) is 33.5 Å². The molecule has 3 heterocycles. The number of rotatable bonds is 1. The maximum absolute atomic E-state index is 16.5. The number of fused-ring (bicyclic) bond motifs is 8. The summed E-state index contributed by atoms with van der Waals surface area (Å²) < 4.78 is 22.9. The summed E-state index contributed by atoms with van der Waals surface area (Å²) in [6, 6.07) is 12.5. The fourth-order valence-corrected chi connectivity index (χ4v) is 7.32. The van der Waals surface area contributed by atoms with Crippen molar-refractivity contribution in [2.75, 3.05) is 0 Å². The maximum atomic E-state index is 16.5. The van der Waals surface area contributed by atoms with Crippen LogP contribution >= 0.6 is 0 Å². The Balaban J connectivity index is 1.58. The minimum Gasteiger partial charge on any atom is -0.460 e. The highest BCUT2D eigenvalue weighted by Gasteiger charge is 2.72. The highest BCUT2D eigenvalue weighted by molar-refractivity contribution is 6.21. The summed E-state index contributed by atoms with van der Waals surface area (Å²) in [5, 5.41) is 5.06. The molecule has 2 aliphatic carbocycles. The Hall–Kier alpha value is -3.01. The molecule has 4 atom stereocenters. The van der Waals surface area contributed by atoms with E-state index in [9.17, 15) is 0 Å². The Morgan fingerprint density at radius 2 is 1.97 bits per heavy atom. The zero-order valence-corrected chi connectivity index (χ0v) is 19.8. The molecule has 2 aliphatic heterocycles. The Labute approximate surface area is 194 Å². The van der Waals surface area contributed by atoms with E-state index in [0.717, 1.165) is 62.2 Å². The van der Waals surface area contributed by atoms with Crippen molar-refractivity contribution in [2.24, 2.45) is 5.92 Å². The lowest BCUT2D eigenvalue weighted by Crippen LogP contribution is -2.45. The van der Waals surface area contributed by atoms with Gasteiger partial charge in [-0.15, -0.1) is 0 Å². The van der Waals surface area contributed by atoms with E-state index in [0.29, 0.717) is 0 Å². The first-order valence-corrected chi connectivity index (χ1v) is 12.0. The van der Waals surface area contributed by atoms with E-state index >= 15 is 4.39 Å². The summed E-state index contributed by atoms with van der Waals surface area (Å²) in [5.74, 6) is 1.10. The predicted molar refractivity (Wildman–Crippen MR) is 135 cm³/mol. The van der Waals surface area contributed by atoms with Gasteiger partial charge in [-0.2, -0.15) is 0 Å². The fraction of sp³-hybridized carbons (Fsp3) is 0.310. The third-order valence-electron chi connectivity index (χ3n) is 9.11. The first-order chi connectivity index (χ1) is 15.7. The van der Waals surface area contributed by atoms with Crippen LogP contribution < -0.4 is 5.32 Å². The summed E-state index contributed by atoms with van der Waals surface area (Å²) in [5.41, 5.74) is 7.63. The third-order valence-corrected chi connectivity index (χ3v) is 9.11. The number of halogens is 1. The van der Waals surface area contributed by atoms with Crippen LogP contribution in [0.4, 0.5) is 4.39 Å². The van der Waals surface area contributed by atoms with E-state index in [4.69, 9.17) is 4.42 Å². The van der Waals surface area contributed by atoms with Crippen LogP contribution in [0.3, 0.4) is 0 Å². The van der Waals surface area contributed by atoms with E-state index in [1.807, 2.05) is 32.0 Å². The van der Waals surface area contributed by atoms with Crippen molar-refractivity contribution < 1.29 is 8.81 Å². The Morgan fingerprint density at radius 3 is 2.76 bits per heavy atom. The number of aryl methyl sites for hydroxylation is 1. The topological polar surface area (TPSA) is 25.2 Å². The van der Waals surface area contributed by atoms with Crippen LogP contribution in [-0.2, 0) is 11.0 Å². The van der Waals surface area contributed by atoms with Gasteiger partial charge in [0.15, 0.2) is 7.85 Å². The fourth-order valence-electron chi connectivity index (χ4n) is 7.32. The molecule has 164 valence electrons. The monoisotopic (exact) mass is 435 g/mol. The third kappa shape index (κ3) is 2.03. The SMILES string of the molecule is BC1(F)C2=C(c3ccccc31)C(C)C13CC1(C)c1ccc4c(/C=C\C)c(C)oc4c1C(=C2)N3. The molecule has 2 nitrogen and oxygen atoms in total. The van der Waals surface area contributed by atoms with Crippen LogP contribution in [0, 0.1) is 12.8 Å². The van der Waals surface area contributed by atoms with Gasteiger partial charge >= 0.3 is 0 Å². The number of allylic oxidation sites excluding steroid dienone is 3. The van der Waals surface area contributed by atoms with Crippen molar-refractivity contribution >= 4 is 36.2 Å². The average molecular weight is 435 g/mol. The Kier molecular flexibility index (Phi) is 3.38. The molecule has 1 saturated carbocycles. The summed E-state index contributed by atoms with van der Waals surface area (Å²) in [6.45, 7) is 8.70. The largest absolute Gasteiger partial charge is 0.460 e. The molecule has 2 aromatic carbocycles. The molecule has 4 unspecified atom stereocenters. The molecule has 7 rings (SSSR count). The number of hydrogen-bond donors (Lipinski definition) is 1. The lowest BCUT2D eigenvalue weighted by atomic mass is 9.74. The maximum Gasteiger partial charge on any atom is 0.162 e. The number of hydrogen-bond acceptors (Lipinski definition) is 2. The van der Waals surface area contributed by atoms with Gasteiger partial charge in [-0.1, -0.05) is 62.4 Å². The lowest BCUT2D eigenvalue weighted by Gasteiger charge is -2.37. The van der Waals surface area contributed by atoms with Crippen molar-refractivity contribution in [1.82, 2.24) is 5.32 Å². The van der Waals surface area contributed by atoms with E-state index < -0.39 is 5.57 Å². The van der Waals surface area contributed by atoms with Crippen molar-refractivity contribution in [3.63, 3.8) is 0 Å². The minimum atomic E-state index is -1.52. The molecule has 1 aromatic heterocycles. The Bertz CT molecular complexity index is 1510. The lowest BCUT2D eigenvalue weighted by molar-refractivity contribution is 0.347. The van der Waals surface area contributed by atoms with Crippen molar-refractivity contribution in [1.29, 1.82) is 0 Å². The van der Waals surface area contributed by atoms with Gasteiger partial charge in [0.2, 0.25) is 0 Å². The van der Waals surface area contributed by atoms with E-state index in [2.05, 4.69) is 55.6 Å². The average Bonchev–Trinajstić information content (AvgIpc) is 3.26. The summed E-state index contributed by atoms with van der Waals surface area (Å²) in [7, 11) is 1.72. The van der Waals surface area contributed by atoms with Crippen LogP contribution in [0.1, 0.15) is 60.8 Å². The summed E-state index contributed by atoms with van der Waals surface area (Å²) in [6.07, 6.45) is 7.28. The molecule has 1 spiro atoms. The Morgan fingerprint density at radius 1 is 1.18 bits per heavy atom. The normalized spacial score (nSPS) is 33.2. The smallest absolute Gasteiger partial charge is 0.162 e. The van der Waals surface area contributed by atoms with Gasteiger partial charge in [-0.05, 0) is 54.2 Å². The van der Waals surface area contributed by atoms with E-state index in [1.54, 1.807) is 7.85 Å². The number of nitrogens with one attached hydrogen (secondary N) is 1. The standard InChI is InChI=1S/C29H27BFNO/c1-5-8-17-16(3)33-26-18(17)11-12-21-25(26)23-13-22-24(15(2)28(32-23)14-27(21,28)4)19-9-6-7-10-20(19)29(22,30)31/h5-13,15,32H,14,30H2,1-4H3/b8-5-. The molecule has 1 N–H and O–H groups in total. The van der Waals surface area contributed by atoms with Gasteiger partial charge in [0.25, 0.3) is 0 Å². The molecule has 4 heteroatoms. The van der Waals surface area contributed by atoms with E-state index in [-0.39, 0.29) is 16.9 Å². The molecule has 0 amide bonds. The van der Waals surface area contributed by atoms with Crippen LogP contribution in [0.5, 0.6) is 0 Å². The van der Waals surface area contributed by atoms with Gasteiger partial charge < -0.3 is 9.73 Å². The molecule has 4 aliphatic rings. The molecular weight excluding hydrogens is 408 g/mol. The van der Waals surface area contributed by atoms with Crippen LogP contribution in [0.2, 0.25) is 0 Å². The quantitative estimate of drug-likeness (QED) is 0.475. The van der Waals surface area contributed by atoms with Crippen LogP contribution in [0.15, 0.2) is 58.5 Å². The molecular formula is C29H27BFNO. The second-order valence-electron chi connectivity index (χ2n) is 10.7. The minimum absolute atomic E-state index is 0.0264. The zero-order chi connectivity index (χ0) is 22.9. The highest BCUT2D eigenvalue weighted by atomic mass is 19.1. The van der Waals surface area contributed by atoms with Crippen molar-refractivity contribution in [3.8, 4) is 0 Å². The number of alkyl halides is 1. The molecule has 1 fully saturated rings. The van der Waals surface area contributed by atoms with Gasteiger partial charge in [0.05, 0.1) is 5.54 Å². The second-order valence-corrected chi connectivity index (χ2v) is 10.7. The summed E-state index contributed by atoms with van der Waals surface area (Å²) >= 11 is 0. The highest BCUT2D eigenvalue weighted by Crippen LogP contribution is 2.70. The zero-order valence-electron chi connectivity index (χ0n) is 19.8. The molecule has 0 radical (unpaired) electrons. The number of benzene rings is 2. The van der Waals surface area contributed by atoms with Crippen LogP contribution in [0.25, 0.3) is 28.3 Å². The molecule has 3 aromatic rings. The molecule has 33 heavy (non-hydrogen) atoms. The molecule has 2 bridgehead atoms. The summed E-state index contributed by atoms with van der Waals surface area (Å²) in [4.78, 5) is 0. The molecule has 0 saturated heterocycles. The van der Waals surface area contributed by atoms with Crippen molar-refractivity contribution in [3.05, 3.63) is 87.7 Å². The first-order valence-electron chi connectivity index (χ1n) is 12.0. The first kappa shape index (κ1) is 19.5. The van der Waals surface area contributed by atoms with Crippen LogP contribution in [-0.4, -0.2) is 13.4 Å². The van der Waals surface area contributed by atoms with Gasteiger partial charge in [-0.25, -0.2) is 4.39 Å². The van der Waals surface area contributed by atoms with E-state index in [1.165, 1.54) is 5.56 Å². The van der Waals surface area contributed by atoms with Gasteiger partial charge in [-0.3, -0.25) is 0 Å². The second kappa shape index (κ2) is 5.73. The van der Waals surface area contributed by atoms with Crippen molar-refractivity contribution in [2.45, 2.75) is 50.6 Å². The predicted octanol–water partition coefficient (Wildman–Crippen LogP) is 5.99.